The predicted octanol–water partition coefficient (Wildman–Crippen LogP) is 2.76. The van der Waals surface area contributed by atoms with E-state index in [0.29, 0.717) is 0 Å². The maximum atomic E-state index is 12.5. The third-order valence-corrected chi connectivity index (χ3v) is 5.56. The van der Waals surface area contributed by atoms with E-state index in [1.807, 2.05) is 0 Å². The second-order valence-corrected chi connectivity index (χ2v) is 8.09. The molecule has 0 aliphatic rings. The van der Waals surface area contributed by atoms with Crippen molar-refractivity contribution in [1.82, 2.24) is 9.62 Å². The smallest absolute Gasteiger partial charge is 0.416 e. The average Bonchev–Trinajstić information content (AvgIpc) is 2.64. The van der Waals surface area contributed by atoms with Gasteiger partial charge >= 0.3 is 6.18 Å². The van der Waals surface area contributed by atoms with Crippen LogP contribution in [0.25, 0.3) is 0 Å². The zero-order valence-corrected chi connectivity index (χ0v) is 16.0. The normalized spacial score (nSPS) is 12.1. The predicted molar refractivity (Wildman–Crippen MR) is 96.6 cm³/mol. The second-order valence-electron chi connectivity index (χ2n) is 5.94. The highest BCUT2D eigenvalue weighted by atomic mass is 32.2. The molecule has 1 N–H and O–H groups in total. The van der Waals surface area contributed by atoms with Crippen LogP contribution in [0.3, 0.4) is 0 Å². The first-order chi connectivity index (χ1) is 13.0. The van der Waals surface area contributed by atoms with Crippen LogP contribution >= 0.6 is 0 Å². The van der Waals surface area contributed by atoms with Crippen molar-refractivity contribution in [3.8, 4) is 5.75 Å². The molecule has 2 aromatic rings. The third-order valence-electron chi connectivity index (χ3n) is 3.73. The van der Waals surface area contributed by atoms with Crippen LogP contribution in [0.5, 0.6) is 5.75 Å². The van der Waals surface area contributed by atoms with E-state index in [2.05, 4.69) is 5.32 Å². The van der Waals surface area contributed by atoms with Gasteiger partial charge in [-0.2, -0.15) is 13.2 Å². The Morgan fingerprint density at radius 2 is 1.61 bits per heavy atom. The summed E-state index contributed by atoms with van der Waals surface area (Å²) in [6, 6.07) is 9.69. The summed E-state index contributed by atoms with van der Waals surface area (Å²) in [6.45, 7) is 0.182. The van der Waals surface area contributed by atoms with E-state index in [1.54, 1.807) is 0 Å². The number of hydrogen-bond donors (Lipinski definition) is 1. The summed E-state index contributed by atoms with van der Waals surface area (Å²) in [5, 5.41) is 2.58. The Labute approximate surface area is 161 Å². The molecule has 1 amide bonds. The van der Waals surface area contributed by atoms with E-state index in [9.17, 15) is 26.4 Å². The molecule has 0 aliphatic heterocycles. The topological polar surface area (TPSA) is 75.7 Å². The Hall–Kier alpha value is -2.59. The molecule has 0 bridgehead atoms. The van der Waals surface area contributed by atoms with Gasteiger partial charge < -0.3 is 10.1 Å². The number of amides is 1. The molecule has 0 atom stereocenters. The lowest BCUT2D eigenvalue weighted by atomic mass is 10.2. The molecule has 10 heteroatoms. The number of benzene rings is 2. The van der Waals surface area contributed by atoms with E-state index in [1.165, 1.54) is 50.5 Å². The number of rotatable bonds is 7. The van der Waals surface area contributed by atoms with Gasteiger partial charge in [-0.25, -0.2) is 12.7 Å². The van der Waals surface area contributed by atoms with Crippen molar-refractivity contribution in [1.29, 1.82) is 0 Å². The van der Waals surface area contributed by atoms with E-state index in [-0.39, 0.29) is 29.4 Å². The van der Waals surface area contributed by atoms with E-state index < -0.39 is 27.7 Å². The van der Waals surface area contributed by atoms with E-state index in [0.717, 1.165) is 16.4 Å². The van der Waals surface area contributed by atoms with Crippen molar-refractivity contribution in [3.05, 3.63) is 59.7 Å². The molecular weight excluding hydrogens is 397 g/mol. The Balaban J connectivity index is 1.84. The minimum absolute atomic E-state index is 0.0597. The molecule has 0 aliphatic carbocycles. The highest BCUT2D eigenvalue weighted by Crippen LogP contribution is 2.30. The van der Waals surface area contributed by atoms with Crippen molar-refractivity contribution in [2.45, 2.75) is 11.1 Å². The maximum absolute atomic E-state index is 12.5. The van der Waals surface area contributed by atoms with Crippen molar-refractivity contribution in [2.75, 3.05) is 27.2 Å². The number of ether oxygens (including phenoxy) is 1. The minimum Gasteiger partial charge on any atom is -0.492 e. The number of carbonyl (C=O) groups excluding carboxylic acids is 1. The first-order valence-electron chi connectivity index (χ1n) is 8.12. The number of carbonyl (C=O) groups is 1. The molecule has 2 rings (SSSR count). The molecular formula is C18H19F3N2O4S. The zero-order chi connectivity index (χ0) is 20.9. The number of nitrogens with one attached hydrogen (secondary N) is 1. The van der Waals surface area contributed by atoms with Crippen LogP contribution in [0.1, 0.15) is 15.9 Å². The van der Waals surface area contributed by atoms with Crippen LogP contribution in [0.2, 0.25) is 0 Å². The average molecular weight is 416 g/mol. The first-order valence-corrected chi connectivity index (χ1v) is 9.56. The third kappa shape index (κ3) is 5.46. The quantitative estimate of drug-likeness (QED) is 0.705. The lowest BCUT2D eigenvalue weighted by Crippen LogP contribution is -2.28. The van der Waals surface area contributed by atoms with Crippen LogP contribution in [0, 0.1) is 0 Å². The zero-order valence-electron chi connectivity index (χ0n) is 15.2. The SMILES string of the molecule is CN(C)S(=O)(=O)c1ccc(C(=O)NCCOc2ccc(C(F)(F)F)cc2)cc1. The monoisotopic (exact) mass is 416 g/mol. The summed E-state index contributed by atoms with van der Waals surface area (Å²) in [7, 11) is -0.753. The van der Waals surface area contributed by atoms with Gasteiger partial charge in [0.25, 0.3) is 5.91 Å². The largest absolute Gasteiger partial charge is 0.492 e. The standard InChI is InChI=1S/C18H19F3N2O4S/c1-23(2)28(25,26)16-9-3-13(4-10-16)17(24)22-11-12-27-15-7-5-14(6-8-15)18(19,20)21/h3-10H,11-12H2,1-2H3,(H,22,24). The molecule has 2 aromatic carbocycles. The van der Waals surface area contributed by atoms with Gasteiger partial charge in [-0.05, 0) is 48.5 Å². The van der Waals surface area contributed by atoms with Gasteiger partial charge in [-0.1, -0.05) is 0 Å². The molecule has 0 fully saturated rings. The van der Waals surface area contributed by atoms with Crippen LogP contribution in [0.4, 0.5) is 13.2 Å². The second kappa shape index (κ2) is 8.61. The van der Waals surface area contributed by atoms with E-state index >= 15 is 0 Å². The summed E-state index contributed by atoms with van der Waals surface area (Å²) in [4.78, 5) is 12.1. The van der Waals surface area contributed by atoms with Gasteiger partial charge in [-0.3, -0.25) is 4.79 Å². The van der Waals surface area contributed by atoms with E-state index in [4.69, 9.17) is 4.74 Å². The number of alkyl halides is 3. The fourth-order valence-electron chi connectivity index (χ4n) is 2.16. The lowest BCUT2D eigenvalue weighted by molar-refractivity contribution is -0.137. The van der Waals surface area contributed by atoms with Crippen molar-refractivity contribution < 1.29 is 31.1 Å². The van der Waals surface area contributed by atoms with Gasteiger partial charge in [0.1, 0.15) is 12.4 Å². The summed E-state index contributed by atoms with van der Waals surface area (Å²) in [5.41, 5.74) is -0.500. The van der Waals surface area contributed by atoms with Crippen molar-refractivity contribution in [3.63, 3.8) is 0 Å². The number of nitrogens with zero attached hydrogens (tertiary/aromatic N) is 1. The van der Waals surface area contributed by atoms with Gasteiger partial charge in [0.2, 0.25) is 10.0 Å². The highest BCUT2D eigenvalue weighted by Gasteiger charge is 2.30. The Morgan fingerprint density at radius 3 is 2.11 bits per heavy atom. The number of halogens is 3. The van der Waals surface area contributed by atoms with Crippen LogP contribution in [-0.4, -0.2) is 45.9 Å². The first kappa shape index (κ1) is 21.7. The summed E-state index contributed by atoms with van der Waals surface area (Å²) < 4.78 is 67.8. The molecule has 6 nitrogen and oxygen atoms in total. The van der Waals surface area contributed by atoms with Crippen molar-refractivity contribution >= 4 is 15.9 Å². The number of sulfonamides is 1. The molecule has 0 aromatic heterocycles. The lowest BCUT2D eigenvalue weighted by Gasteiger charge is -2.12. The summed E-state index contributed by atoms with van der Waals surface area (Å²) >= 11 is 0. The molecule has 0 saturated carbocycles. The van der Waals surface area contributed by atoms with Gasteiger partial charge in [0.15, 0.2) is 0 Å². The molecule has 0 heterocycles. The highest BCUT2D eigenvalue weighted by molar-refractivity contribution is 7.89. The molecule has 152 valence electrons. The molecule has 0 unspecified atom stereocenters. The maximum Gasteiger partial charge on any atom is 0.416 e. The molecule has 0 spiro atoms. The summed E-state index contributed by atoms with van der Waals surface area (Å²) in [6.07, 6.45) is -4.41. The van der Waals surface area contributed by atoms with Crippen LogP contribution < -0.4 is 10.1 Å². The van der Waals surface area contributed by atoms with Crippen LogP contribution in [0.15, 0.2) is 53.4 Å². The van der Waals surface area contributed by atoms with Crippen molar-refractivity contribution in [2.24, 2.45) is 0 Å². The summed E-state index contributed by atoms with van der Waals surface area (Å²) in [5.74, 6) is -0.176. The van der Waals surface area contributed by atoms with Crippen LogP contribution in [-0.2, 0) is 16.2 Å². The van der Waals surface area contributed by atoms with Gasteiger partial charge in [0, 0.05) is 19.7 Å². The van der Waals surface area contributed by atoms with Gasteiger partial charge in [0.05, 0.1) is 17.0 Å². The molecule has 0 saturated heterocycles. The Kier molecular flexibility index (Phi) is 6.68. The fourth-order valence-corrected chi connectivity index (χ4v) is 3.07. The molecule has 28 heavy (non-hydrogen) atoms. The number of hydrogen-bond acceptors (Lipinski definition) is 4. The fraction of sp³-hybridized carbons (Fsp3) is 0.278. The Morgan fingerprint density at radius 1 is 1.04 bits per heavy atom. The minimum atomic E-state index is -4.41. The van der Waals surface area contributed by atoms with Gasteiger partial charge in [-0.15, -0.1) is 0 Å². The molecule has 0 radical (unpaired) electrons. The Bertz CT molecular complexity index is 909.